The molecule has 0 bridgehead atoms. The molecule has 1 amide bonds. The first-order chi connectivity index (χ1) is 7.93. The van der Waals surface area contributed by atoms with Crippen molar-refractivity contribution in [2.45, 2.75) is 13.0 Å². The van der Waals surface area contributed by atoms with Gasteiger partial charge in [-0.15, -0.1) is 11.6 Å². The Bertz CT molecular complexity index is 453. The van der Waals surface area contributed by atoms with Crippen molar-refractivity contribution in [2.75, 3.05) is 5.88 Å². The molecule has 1 aromatic rings. The minimum Gasteiger partial charge on any atom is -0.348 e. The van der Waals surface area contributed by atoms with Gasteiger partial charge >= 0.3 is 0 Å². The number of hydrogen-bond acceptors (Lipinski definition) is 3. The van der Waals surface area contributed by atoms with Crippen molar-refractivity contribution in [3.8, 4) is 0 Å². The van der Waals surface area contributed by atoms with Gasteiger partial charge in [0.1, 0.15) is 5.82 Å². The molecule has 0 radical (unpaired) electrons. The van der Waals surface area contributed by atoms with Crippen LogP contribution >= 0.6 is 11.6 Å². The van der Waals surface area contributed by atoms with Crippen molar-refractivity contribution in [3.63, 3.8) is 0 Å². The van der Waals surface area contributed by atoms with Crippen LogP contribution in [0.25, 0.3) is 0 Å². The third-order valence-electron chi connectivity index (χ3n) is 1.96. The van der Waals surface area contributed by atoms with Crippen LogP contribution in [0.15, 0.2) is 18.2 Å². The summed E-state index contributed by atoms with van der Waals surface area (Å²) in [7, 11) is 0. The Morgan fingerprint density at radius 1 is 1.59 bits per heavy atom. The molecule has 7 heteroatoms. The Balaban J connectivity index is 2.97. The summed E-state index contributed by atoms with van der Waals surface area (Å²) < 4.78 is 13.1. The van der Waals surface area contributed by atoms with Gasteiger partial charge < -0.3 is 5.32 Å². The molecular formula is C10H10ClFN2O3. The van der Waals surface area contributed by atoms with E-state index < -0.39 is 22.3 Å². The van der Waals surface area contributed by atoms with Crippen molar-refractivity contribution in [3.05, 3.63) is 39.7 Å². The molecule has 0 aromatic heterocycles. The number of nitrogens with zero attached hydrogens (tertiary/aromatic N) is 1. The molecule has 1 atom stereocenters. The number of hydrogen-bond donors (Lipinski definition) is 1. The number of halogens is 2. The number of carbonyl (C=O) groups excluding carboxylic acids is 1. The highest BCUT2D eigenvalue weighted by Gasteiger charge is 2.15. The Hall–Kier alpha value is -1.69. The van der Waals surface area contributed by atoms with Crippen LogP contribution < -0.4 is 5.32 Å². The Morgan fingerprint density at radius 2 is 2.24 bits per heavy atom. The fraction of sp³-hybridized carbons (Fsp3) is 0.300. The molecule has 1 rings (SSSR count). The predicted octanol–water partition coefficient (Wildman–Crippen LogP) is 2.09. The number of nitro groups is 1. The van der Waals surface area contributed by atoms with Gasteiger partial charge in [-0.25, -0.2) is 4.39 Å². The Morgan fingerprint density at radius 3 is 2.76 bits per heavy atom. The highest BCUT2D eigenvalue weighted by atomic mass is 35.5. The van der Waals surface area contributed by atoms with Gasteiger partial charge in [-0.2, -0.15) is 0 Å². The first-order valence-corrected chi connectivity index (χ1v) is 5.29. The molecule has 0 saturated heterocycles. The van der Waals surface area contributed by atoms with E-state index in [-0.39, 0.29) is 17.5 Å². The number of carbonyl (C=O) groups is 1. The van der Waals surface area contributed by atoms with Gasteiger partial charge in [0.2, 0.25) is 0 Å². The van der Waals surface area contributed by atoms with Crippen LogP contribution in [0.5, 0.6) is 0 Å². The standard InChI is InChI=1S/C10H10ClFN2O3/c1-6(5-11)13-10(15)7-2-8(12)4-9(3-7)14(16)17/h2-4,6H,5H2,1H3,(H,13,15). The van der Waals surface area contributed by atoms with Crippen LogP contribution in [0.4, 0.5) is 10.1 Å². The molecule has 0 fully saturated rings. The normalized spacial score (nSPS) is 11.9. The number of rotatable bonds is 4. The maximum absolute atomic E-state index is 13.1. The van der Waals surface area contributed by atoms with Gasteiger partial charge in [-0.05, 0) is 13.0 Å². The highest BCUT2D eigenvalue weighted by molar-refractivity contribution is 6.18. The summed E-state index contributed by atoms with van der Waals surface area (Å²) in [5.74, 6) is -1.23. The summed E-state index contributed by atoms with van der Waals surface area (Å²) in [4.78, 5) is 21.3. The maximum Gasteiger partial charge on any atom is 0.273 e. The molecule has 0 aliphatic rings. The van der Waals surface area contributed by atoms with E-state index in [4.69, 9.17) is 11.6 Å². The summed E-state index contributed by atoms with van der Waals surface area (Å²) >= 11 is 5.50. The van der Waals surface area contributed by atoms with Gasteiger partial charge in [-0.1, -0.05) is 0 Å². The molecule has 0 aliphatic carbocycles. The van der Waals surface area contributed by atoms with E-state index in [1.165, 1.54) is 0 Å². The zero-order valence-corrected chi connectivity index (χ0v) is 9.70. The first-order valence-electron chi connectivity index (χ1n) is 4.76. The van der Waals surface area contributed by atoms with Crippen LogP contribution in [0, 0.1) is 15.9 Å². The fourth-order valence-corrected chi connectivity index (χ4v) is 1.23. The smallest absolute Gasteiger partial charge is 0.273 e. The van der Waals surface area contributed by atoms with E-state index in [1.807, 2.05) is 0 Å². The molecule has 0 saturated carbocycles. The molecule has 0 aliphatic heterocycles. The van der Waals surface area contributed by atoms with Gasteiger partial charge in [0, 0.05) is 23.6 Å². The zero-order chi connectivity index (χ0) is 13.0. The molecule has 17 heavy (non-hydrogen) atoms. The summed E-state index contributed by atoms with van der Waals surface area (Å²) in [5, 5.41) is 13.0. The molecule has 0 heterocycles. The zero-order valence-electron chi connectivity index (χ0n) is 8.94. The van der Waals surface area contributed by atoms with Crippen LogP contribution in [0.2, 0.25) is 0 Å². The minimum absolute atomic E-state index is 0.103. The fourth-order valence-electron chi connectivity index (χ4n) is 1.16. The topological polar surface area (TPSA) is 72.2 Å². The van der Waals surface area contributed by atoms with E-state index >= 15 is 0 Å². The van der Waals surface area contributed by atoms with Crippen molar-refractivity contribution >= 4 is 23.2 Å². The number of nitrogens with one attached hydrogen (secondary N) is 1. The quantitative estimate of drug-likeness (QED) is 0.512. The number of benzene rings is 1. The first kappa shape index (κ1) is 13.4. The molecule has 1 N–H and O–H groups in total. The summed E-state index contributed by atoms with van der Waals surface area (Å²) in [6.07, 6.45) is 0. The van der Waals surface area contributed by atoms with Crippen molar-refractivity contribution in [1.82, 2.24) is 5.32 Å². The van der Waals surface area contributed by atoms with Crippen molar-refractivity contribution < 1.29 is 14.1 Å². The molecule has 5 nitrogen and oxygen atoms in total. The minimum atomic E-state index is -0.831. The predicted molar refractivity (Wildman–Crippen MR) is 60.7 cm³/mol. The summed E-state index contributed by atoms with van der Waals surface area (Å²) in [6, 6.07) is 2.40. The van der Waals surface area contributed by atoms with Gasteiger partial charge in [0.15, 0.2) is 0 Å². The molecular weight excluding hydrogens is 251 g/mol. The summed E-state index contributed by atoms with van der Waals surface area (Å²) in [6.45, 7) is 1.67. The lowest BCUT2D eigenvalue weighted by Crippen LogP contribution is -2.33. The number of alkyl halides is 1. The van der Waals surface area contributed by atoms with Gasteiger partial charge in [0.05, 0.1) is 11.0 Å². The maximum atomic E-state index is 13.1. The Labute approximate surface area is 102 Å². The lowest BCUT2D eigenvalue weighted by molar-refractivity contribution is -0.385. The van der Waals surface area contributed by atoms with Crippen molar-refractivity contribution in [2.24, 2.45) is 0 Å². The van der Waals surface area contributed by atoms with E-state index in [0.29, 0.717) is 0 Å². The van der Waals surface area contributed by atoms with Crippen LogP contribution in [0.3, 0.4) is 0 Å². The largest absolute Gasteiger partial charge is 0.348 e. The van der Waals surface area contributed by atoms with Crippen LogP contribution in [0.1, 0.15) is 17.3 Å². The van der Waals surface area contributed by atoms with E-state index in [0.717, 1.165) is 18.2 Å². The number of non-ortho nitro benzene ring substituents is 1. The van der Waals surface area contributed by atoms with Gasteiger partial charge in [0.25, 0.3) is 11.6 Å². The second kappa shape index (κ2) is 5.58. The molecule has 92 valence electrons. The van der Waals surface area contributed by atoms with E-state index in [1.54, 1.807) is 6.92 Å². The van der Waals surface area contributed by atoms with E-state index in [2.05, 4.69) is 5.32 Å². The number of nitro benzene ring substituents is 1. The average Bonchev–Trinajstić information content (AvgIpc) is 2.27. The van der Waals surface area contributed by atoms with Crippen molar-refractivity contribution in [1.29, 1.82) is 0 Å². The number of amides is 1. The monoisotopic (exact) mass is 260 g/mol. The van der Waals surface area contributed by atoms with Crippen LogP contribution in [-0.2, 0) is 0 Å². The molecule has 0 spiro atoms. The third-order valence-corrected chi connectivity index (χ3v) is 2.43. The Kier molecular flexibility index (Phi) is 4.39. The second-order valence-corrected chi connectivity index (χ2v) is 3.79. The average molecular weight is 261 g/mol. The van der Waals surface area contributed by atoms with Crippen LogP contribution in [-0.4, -0.2) is 22.8 Å². The lowest BCUT2D eigenvalue weighted by atomic mass is 10.1. The SMILES string of the molecule is CC(CCl)NC(=O)c1cc(F)cc([N+](=O)[O-])c1. The highest BCUT2D eigenvalue weighted by Crippen LogP contribution is 2.16. The van der Waals surface area contributed by atoms with E-state index in [9.17, 15) is 19.3 Å². The molecule has 1 unspecified atom stereocenters. The van der Waals surface area contributed by atoms with Gasteiger partial charge in [-0.3, -0.25) is 14.9 Å². The second-order valence-electron chi connectivity index (χ2n) is 3.48. The molecule has 1 aromatic carbocycles. The summed E-state index contributed by atoms with van der Waals surface area (Å²) in [5.41, 5.74) is -0.567. The third kappa shape index (κ3) is 3.67. The lowest BCUT2D eigenvalue weighted by Gasteiger charge is -2.10.